The molecular weight excluding hydrogens is 388 g/mol. The number of halogens is 4. The average Bonchev–Trinajstić information content (AvgIpc) is 2.59. The molecule has 0 aliphatic carbocycles. The van der Waals surface area contributed by atoms with Crippen molar-refractivity contribution in [3.8, 4) is 0 Å². The summed E-state index contributed by atoms with van der Waals surface area (Å²) in [6.45, 7) is 3.75. The van der Waals surface area contributed by atoms with Crippen molar-refractivity contribution in [3.63, 3.8) is 0 Å². The van der Waals surface area contributed by atoms with E-state index in [1.54, 1.807) is 25.8 Å². The van der Waals surface area contributed by atoms with Crippen molar-refractivity contribution in [3.05, 3.63) is 17.8 Å². The highest BCUT2D eigenvalue weighted by molar-refractivity contribution is 7.89. The van der Waals surface area contributed by atoms with Gasteiger partial charge in [0.25, 0.3) is 0 Å². The van der Waals surface area contributed by atoms with E-state index in [0.717, 1.165) is 4.31 Å². The van der Waals surface area contributed by atoms with Crippen molar-refractivity contribution in [2.45, 2.75) is 51.2 Å². The molecule has 2 rings (SSSR count). The van der Waals surface area contributed by atoms with Crippen LogP contribution < -0.4 is 4.90 Å². The van der Waals surface area contributed by atoms with Crippen LogP contribution in [0.25, 0.3) is 0 Å². The van der Waals surface area contributed by atoms with E-state index < -0.39 is 34.2 Å². The number of hydrogen-bond acceptors (Lipinski definition) is 5. The SMILES string of the molecule is CC(C)c1ncnc(N(C)C2CCCN(S(=O)(=O)CCC(F)(F)F)C2)c1F. The zero-order chi connectivity index (χ0) is 20.4. The van der Waals surface area contributed by atoms with Gasteiger partial charge in [-0.05, 0) is 18.8 Å². The number of hydrogen-bond donors (Lipinski definition) is 0. The molecule has 11 heteroatoms. The number of likely N-dealkylation sites (N-methyl/N-ethyl adjacent to an activating group) is 1. The predicted molar refractivity (Wildman–Crippen MR) is 93.5 cm³/mol. The summed E-state index contributed by atoms with van der Waals surface area (Å²) in [5, 5.41) is 0. The lowest BCUT2D eigenvalue weighted by atomic mass is 10.1. The Bertz CT molecular complexity index is 755. The van der Waals surface area contributed by atoms with Crippen LogP contribution in [0.3, 0.4) is 0 Å². The lowest BCUT2D eigenvalue weighted by Gasteiger charge is -2.37. The van der Waals surface area contributed by atoms with E-state index >= 15 is 0 Å². The number of piperidine rings is 1. The number of anilines is 1. The fraction of sp³-hybridized carbons (Fsp3) is 0.750. The molecule has 1 fully saturated rings. The summed E-state index contributed by atoms with van der Waals surface area (Å²) in [5.41, 5.74) is 0.261. The molecule has 2 heterocycles. The Balaban J connectivity index is 2.15. The monoisotopic (exact) mass is 412 g/mol. The molecule has 0 aromatic carbocycles. The Kier molecular flexibility index (Phi) is 6.67. The normalized spacial score (nSPS) is 19.5. The van der Waals surface area contributed by atoms with E-state index in [-0.39, 0.29) is 36.6 Å². The molecule has 0 amide bonds. The molecule has 1 unspecified atom stereocenters. The van der Waals surface area contributed by atoms with Crippen LogP contribution in [0.15, 0.2) is 6.33 Å². The Morgan fingerprint density at radius 2 is 2.00 bits per heavy atom. The minimum Gasteiger partial charge on any atom is -0.353 e. The maximum atomic E-state index is 14.7. The first-order chi connectivity index (χ1) is 12.4. The third-order valence-corrected chi connectivity index (χ3v) is 6.46. The first-order valence-electron chi connectivity index (χ1n) is 8.70. The molecule has 27 heavy (non-hydrogen) atoms. The van der Waals surface area contributed by atoms with Crippen LogP contribution in [-0.2, 0) is 10.0 Å². The summed E-state index contributed by atoms with van der Waals surface area (Å²) >= 11 is 0. The summed E-state index contributed by atoms with van der Waals surface area (Å²) in [6.07, 6.45) is -3.60. The van der Waals surface area contributed by atoms with Crippen LogP contribution in [0.5, 0.6) is 0 Å². The molecule has 1 aromatic rings. The molecular formula is C16H24F4N4O2S. The molecule has 1 aromatic heterocycles. The highest BCUT2D eigenvalue weighted by Crippen LogP contribution is 2.28. The van der Waals surface area contributed by atoms with Gasteiger partial charge in [0.15, 0.2) is 11.6 Å². The molecule has 1 aliphatic heterocycles. The number of sulfonamides is 1. The quantitative estimate of drug-likeness (QED) is 0.672. The summed E-state index contributed by atoms with van der Waals surface area (Å²) in [4.78, 5) is 9.47. The second kappa shape index (κ2) is 8.26. The average molecular weight is 412 g/mol. The van der Waals surface area contributed by atoms with Crippen molar-refractivity contribution in [1.29, 1.82) is 0 Å². The summed E-state index contributed by atoms with van der Waals surface area (Å²) in [7, 11) is -2.43. The molecule has 0 spiro atoms. The lowest BCUT2D eigenvalue weighted by Crippen LogP contribution is -2.50. The Morgan fingerprint density at radius 1 is 1.33 bits per heavy atom. The molecule has 1 atom stereocenters. The first-order valence-corrected chi connectivity index (χ1v) is 10.3. The van der Waals surface area contributed by atoms with Gasteiger partial charge in [0.2, 0.25) is 10.0 Å². The second-order valence-corrected chi connectivity index (χ2v) is 9.09. The third kappa shape index (κ3) is 5.50. The van der Waals surface area contributed by atoms with Gasteiger partial charge in [-0.3, -0.25) is 0 Å². The fourth-order valence-electron chi connectivity index (χ4n) is 3.06. The molecule has 0 saturated carbocycles. The van der Waals surface area contributed by atoms with Crippen molar-refractivity contribution in [1.82, 2.24) is 14.3 Å². The van der Waals surface area contributed by atoms with Gasteiger partial charge < -0.3 is 4.90 Å². The molecule has 0 N–H and O–H groups in total. The number of rotatable bonds is 6. The van der Waals surface area contributed by atoms with Crippen LogP contribution in [-0.4, -0.2) is 60.8 Å². The van der Waals surface area contributed by atoms with E-state index in [1.165, 1.54) is 6.33 Å². The van der Waals surface area contributed by atoms with Crippen molar-refractivity contribution in [2.75, 3.05) is 30.8 Å². The zero-order valence-corrected chi connectivity index (χ0v) is 16.3. The van der Waals surface area contributed by atoms with Gasteiger partial charge in [0.1, 0.15) is 6.33 Å². The molecule has 0 radical (unpaired) electrons. The van der Waals surface area contributed by atoms with Gasteiger partial charge in [-0.15, -0.1) is 0 Å². The van der Waals surface area contributed by atoms with Gasteiger partial charge in [-0.1, -0.05) is 13.8 Å². The highest BCUT2D eigenvalue weighted by Gasteiger charge is 2.36. The van der Waals surface area contributed by atoms with Gasteiger partial charge in [0.05, 0.1) is 17.9 Å². The Morgan fingerprint density at radius 3 is 2.59 bits per heavy atom. The van der Waals surface area contributed by atoms with Crippen LogP contribution in [0.4, 0.5) is 23.4 Å². The first kappa shape index (κ1) is 21.8. The Labute approximate surface area is 156 Å². The van der Waals surface area contributed by atoms with Crippen molar-refractivity contribution < 1.29 is 26.0 Å². The minimum absolute atomic E-state index is 0.00283. The van der Waals surface area contributed by atoms with Gasteiger partial charge in [-0.2, -0.15) is 17.5 Å². The van der Waals surface area contributed by atoms with Gasteiger partial charge in [-0.25, -0.2) is 22.8 Å². The van der Waals surface area contributed by atoms with E-state index in [4.69, 9.17) is 0 Å². The fourth-order valence-corrected chi connectivity index (χ4v) is 4.61. The summed E-state index contributed by atoms with van der Waals surface area (Å²) in [5.74, 6) is -1.63. The van der Waals surface area contributed by atoms with Gasteiger partial charge in [0, 0.05) is 26.2 Å². The minimum atomic E-state index is -4.53. The van der Waals surface area contributed by atoms with E-state index in [9.17, 15) is 26.0 Å². The van der Waals surface area contributed by atoms with Crippen molar-refractivity contribution in [2.24, 2.45) is 0 Å². The predicted octanol–water partition coefficient (Wildman–Crippen LogP) is 2.92. The number of alkyl halides is 3. The van der Waals surface area contributed by atoms with Gasteiger partial charge >= 0.3 is 6.18 Å². The summed E-state index contributed by atoms with van der Waals surface area (Å²) < 4.78 is 77.4. The smallest absolute Gasteiger partial charge is 0.353 e. The van der Waals surface area contributed by atoms with Crippen LogP contribution in [0, 0.1) is 5.82 Å². The van der Waals surface area contributed by atoms with E-state index in [0.29, 0.717) is 12.8 Å². The number of aromatic nitrogens is 2. The third-order valence-electron chi connectivity index (χ3n) is 4.62. The van der Waals surface area contributed by atoms with Crippen molar-refractivity contribution >= 4 is 15.8 Å². The molecule has 1 aliphatic rings. The standard InChI is InChI=1S/C16H24F4N4O2S/c1-11(2)14-13(17)15(22-10-21-14)23(3)12-5-4-7-24(9-12)27(25,26)8-6-16(18,19)20/h10-12H,4-9H2,1-3H3. The van der Waals surface area contributed by atoms with Crippen LogP contribution >= 0.6 is 0 Å². The molecule has 1 saturated heterocycles. The van der Waals surface area contributed by atoms with Crippen LogP contribution in [0.1, 0.15) is 44.7 Å². The van der Waals surface area contributed by atoms with E-state index in [2.05, 4.69) is 9.97 Å². The van der Waals surface area contributed by atoms with E-state index in [1.807, 2.05) is 0 Å². The molecule has 154 valence electrons. The molecule has 0 bridgehead atoms. The van der Waals surface area contributed by atoms with Crippen LogP contribution in [0.2, 0.25) is 0 Å². The maximum absolute atomic E-state index is 14.7. The molecule has 6 nitrogen and oxygen atoms in total. The maximum Gasteiger partial charge on any atom is 0.390 e. The summed E-state index contributed by atoms with van der Waals surface area (Å²) in [6, 6.07) is -0.385. The lowest BCUT2D eigenvalue weighted by molar-refractivity contribution is -0.130. The topological polar surface area (TPSA) is 66.4 Å². The zero-order valence-electron chi connectivity index (χ0n) is 15.5. The largest absolute Gasteiger partial charge is 0.390 e. The Hall–Kier alpha value is -1.49. The second-order valence-electron chi connectivity index (χ2n) is 7.00. The number of nitrogens with zero attached hydrogens (tertiary/aromatic N) is 4. The highest BCUT2D eigenvalue weighted by atomic mass is 32.2.